The lowest BCUT2D eigenvalue weighted by molar-refractivity contribution is 0.238. The largest absolute Gasteiger partial charge is 0.491 e. The standard InChI is InChI=1S/C17H19Cl2NO/c1-11(2)21-17-9-4-3-6-12(17)16(20)10-13-14(18)7-5-8-15(13)19/h3-9,11,16H,10,20H2,1-2H3. The second-order valence-electron chi connectivity index (χ2n) is 5.22. The number of para-hydroxylation sites is 1. The number of hydrogen-bond acceptors (Lipinski definition) is 2. The van der Waals surface area contributed by atoms with E-state index in [0.717, 1.165) is 16.9 Å². The fraction of sp³-hybridized carbons (Fsp3) is 0.294. The molecule has 0 spiro atoms. The molecule has 0 saturated heterocycles. The van der Waals surface area contributed by atoms with Gasteiger partial charge in [-0.1, -0.05) is 47.5 Å². The lowest BCUT2D eigenvalue weighted by Crippen LogP contribution is -2.17. The summed E-state index contributed by atoms with van der Waals surface area (Å²) in [4.78, 5) is 0. The Hall–Kier alpha value is -1.22. The van der Waals surface area contributed by atoms with Crippen molar-refractivity contribution in [1.82, 2.24) is 0 Å². The predicted molar refractivity (Wildman–Crippen MR) is 89.3 cm³/mol. The van der Waals surface area contributed by atoms with Gasteiger partial charge in [-0.3, -0.25) is 0 Å². The monoisotopic (exact) mass is 323 g/mol. The van der Waals surface area contributed by atoms with Gasteiger partial charge in [-0.15, -0.1) is 0 Å². The maximum Gasteiger partial charge on any atom is 0.124 e. The first-order chi connectivity index (χ1) is 9.99. The lowest BCUT2D eigenvalue weighted by Gasteiger charge is -2.19. The molecule has 2 rings (SSSR count). The van der Waals surface area contributed by atoms with Crippen LogP contribution in [-0.2, 0) is 6.42 Å². The van der Waals surface area contributed by atoms with Crippen LogP contribution >= 0.6 is 23.2 Å². The highest BCUT2D eigenvalue weighted by molar-refractivity contribution is 6.36. The van der Waals surface area contributed by atoms with Crippen molar-refractivity contribution in [3.05, 3.63) is 63.6 Å². The van der Waals surface area contributed by atoms with Crippen LogP contribution in [0, 0.1) is 0 Å². The zero-order valence-corrected chi connectivity index (χ0v) is 13.7. The third kappa shape index (κ3) is 4.13. The van der Waals surface area contributed by atoms with E-state index in [1.165, 1.54) is 0 Å². The molecule has 21 heavy (non-hydrogen) atoms. The Labute approximate surface area is 135 Å². The molecule has 0 aromatic heterocycles. The number of hydrogen-bond donors (Lipinski definition) is 1. The molecule has 0 aliphatic heterocycles. The third-order valence-corrected chi connectivity index (χ3v) is 3.88. The van der Waals surface area contributed by atoms with Gasteiger partial charge in [0, 0.05) is 21.7 Å². The second-order valence-corrected chi connectivity index (χ2v) is 6.03. The van der Waals surface area contributed by atoms with Crippen LogP contribution in [0.1, 0.15) is 31.0 Å². The smallest absolute Gasteiger partial charge is 0.124 e. The third-order valence-electron chi connectivity index (χ3n) is 3.17. The summed E-state index contributed by atoms with van der Waals surface area (Å²) < 4.78 is 5.82. The van der Waals surface area contributed by atoms with Crippen molar-refractivity contribution in [2.45, 2.75) is 32.4 Å². The molecule has 0 aliphatic rings. The molecule has 0 fully saturated rings. The molecular formula is C17H19Cl2NO. The maximum absolute atomic E-state index is 6.34. The van der Waals surface area contributed by atoms with Gasteiger partial charge in [0.1, 0.15) is 5.75 Å². The highest BCUT2D eigenvalue weighted by Crippen LogP contribution is 2.31. The predicted octanol–water partition coefficient (Wildman–Crippen LogP) is 5.02. The molecule has 2 nitrogen and oxygen atoms in total. The highest BCUT2D eigenvalue weighted by Gasteiger charge is 2.16. The van der Waals surface area contributed by atoms with Crippen molar-refractivity contribution in [2.75, 3.05) is 0 Å². The van der Waals surface area contributed by atoms with Gasteiger partial charge in [-0.2, -0.15) is 0 Å². The van der Waals surface area contributed by atoms with Crippen molar-refractivity contribution in [3.63, 3.8) is 0 Å². The fourth-order valence-corrected chi connectivity index (χ4v) is 2.76. The van der Waals surface area contributed by atoms with E-state index < -0.39 is 0 Å². The minimum absolute atomic E-state index is 0.0993. The molecule has 112 valence electrons. The Kier molecular flexibility index (Phi) is 5.51. The summed E-state index contributed by atoms with van der Waals surface area (Å²) in [6.07, 6.45) is 0.666. The Morgan fingerprint density at radius 3 is 2.24 bits per heavy atom. The highest BCUT2D eigenvalue weighted by atomic mass is 35.5. The number of rotatable bonds is 5. The Morgan fingerprint density at radius 1 is 1.00 bits per heavy atom. The summed E-state index contributed by atoms with van der Waals surface area (Å²) >= 11 is 12.4. The molecule has 2 aromatic rings. The van der Waals surface area contributed by atoms with Gasteiger partial charge in [0.25, 0.3) is 0 Å². The molecule has 1 atom stereocenters. The van der Waals surface area contributed by atoms with Gasteiger partial charge in [0.15, 0.2) is 0 Å². The Bertz CT molecular complexity index is 593. The molecule has 0 heterocycles. The van der Waals surface area contributed by atoms with E-state index in [2.05, 4.69) is 0 Å². The van der Waals surface area contributed by atoms with Crippen molar-refractivity contribution in [3.8, 4) is 5.75 Å². The zero-order valence-electron chi connectivity index (χ0n) is 12.1. The number of halogens is 2. The average Bonchev–Trinajstić information content (AvgIpc) is 2.43. The van der Waals surface area contributed by atoms with Gasteiger partial charge < -0.3 is 10.5 Å². The number of nitrogens with two attached hydrogens (primary N) is 1. The van der Waals surface area contributed by atoms with Gasteiger partial charge >= 0.3 is 0 Å². The number of ether oxygens (including phenoxy) is 1. The van der Waals surface area contributed by atoms with Crippen LogP contribution < -0.4 is 10.5 Å². The summed E-state index contributed by atoms with van der Waals surface area (Å²) in [6.45, 7) is 3.99. The van der Waals surface area contributed by atoms with Crippen molar-refractivity contribution < 1.29 is 4.74 Å². The van der Waals surface area contributed by atoms with Crippen LogP contribution in [-0.4, -0.2) is 6.10 Å². The molecule has 0 aliphatic carbocycles. The Balaban J connectivity index is 2.26. The first-order valence-corrected chi connectivity index (χ1v) is 7.68. The van der Waals surface area contributed by atoms with Crippen molar-refractivity contribution >= 4 is 23.2 Å². The molecule has 1 unspecified atom stereocenters. The van der Waals surface area contributed by atoms with Crippen LogP contribution in [0.3, 0.4) is 0 Å². The summed E-state index contributed by atoms with van der Waals surface area (Å²) in [7, 11) is 0. The Morgan fingerprint density at radius 2 is 1.62 bits per heavy atom. The summed E-state index contributed by atoms with van der Waals surface area (Å²) in [6, 6.07) is 13.1. The van der Waals surface area contributed by atoms with Crippen molar-refractivity contribution in [2.24, 2.45) is 5.73 Å². The lowest BCUT2D eigenvalue weighted by atomic mass is 9.98. The fourth-order valence-electron chi connectivity index (χ4n) is 2.21. The SMILES string of the molecule is CC(C)Oc1ccccc1C(N)Cc1c(Cl)cccc1Cl. The second kappa shape index (κ2) is 7.17. The van der Waals surface area contributed by atoms with E-state index in [9.17, 15) is 0 Å². The van der Waals surface area contributed by atoms with E-state index in [4.69, 9.17) is 33.7 Å². The quantitative estimate of drug-likeness (QED) is 0.838. The van der Waals surface area contributed by atoms with Crippen LogP contribution in [0.2, 0.25) is 10.0 Å². The molecule has 2 N–H and O–H groups in total. The van der Waals surface area contributed by atoms with E-state index in [-0.39, 0.29) is 12.1 Å². The van der Waals surface area contributed by atoms with Gasteiger partial charge in [0.05, 0.1) is 6.10 Å². The van der Waals surface area contributed by atoms with Gasteiger partial charge in [-0.05, 0) is 44.0 Å². The van der Waals surface area contributed by atoms with Crippen LogP contribution in [0.25, 0.3) is 0 Å². The minimum atomic E-state index is -0.225. The topological polar surface area (TPSA) is 35.2 Å². The van der Waals surface area contributed by atoms with Gasteiger partial charge in [-0.25, -0.2) is 0 Å². The first kappa shape index (κ1) is 16.2. The molecular weight excluding hydrogens is 305 g/mol. The first-order valence-electron chi connectivity index (χ1n) is 6.93. The number of benzene rings is 2. The van der Waals surface area contributed by atoms with Crippen LogP contribution in [0.15, 0.2) is 42.5 Å². The zero-order chi connectivity index (χ0) is 15.4. The van der Waals surface area contributed by atoms with Crippen LogP contribution in [0.4, 0.5) is 0 Å². The van der Waals surface area contributed by atoms with Gasteiger partial charge in [0.2, 0.25) is 0 Å². The molecule has 0 bridgehead atoms. The van der Waals surface area contributed by atoms with E-state index in [1.54, 1.807) is 0 Å². The molecule has 0 radical (unpaired) electrons. The molecule has 0 saturated carbocycles. The normalized spacial score (nSPS) is 12.5. The summed E-state index contributed by atoms with van der Waals surface area (Å²) in [5, 5.41) is 1.28. The van der Waals surface area contributed by atoms with Crippen molar-refractivity contribution in [1.29, 1.82) is 0 Å². The minimum Gasteiger partial charge on any atom is -0.491 e. The summed E-state index contributed by atoms with van der Waals surface area (Å²) in [5.41, 5.74) is 8.17. The van der Waals surface area contributed by atoms with E-state index >= 15 is 0 Å². The average molecular weight is 324 g/mol. The molecule has 0 amide bonds. The summed E-state index contributed by atoms with van der Waals surface area (Å²) in [5.74, 6) is 0.808. The van der Waals surface area contributed by atoms with E-state index in [0.29, 0.717) is 16.5 Å². The molecule has 2 aromatic carbocycles. The maximum atomic E-state index is 6.34. The molecule has 4 heteroatoms. The van der Waals surface area contributed by atoms with Crippen LogP contribution in [0.5, 0.6) is 5.75 Å². The van der Waals surface area contributed by atoms with E-state index in [1.807, 2.05) is 56.3 Å².